The van der Waals surface area contributed by atoms with Crippen molar-refractivity contribution in [2.75, 3.05) is 0 Å². The topological polar surface area (TPSA) is 46.0 Å². The number of alkyl halides is 1. The molecule has 0 aliphatic carbocycles. The summed E-state index contributed by atoms with van der Waals surface area (Å²) in [6, 6.07) is 1.42. The first-order valence-corrected chi connectivity index (χ1v) is 2.92. The van der Waals surface area contributed by atoms with Crippen LogP contribution >= 0.6 is 11.6 Å². The third-order valence-corrected chi connectivity index (χ3v) is 1.12. The second kappa shape index (κ2) is 2.64. The van der Waals surface area contributed by atoms with Crippen molar-refractivity contribution in [3.63, 3.8) is 0 Å². The van der Waals surface area contributed by atoms with E-state index in [0.29, 0.717) is 11.6 Å². The summed E-state index contributed by atoms with van der Waals surface area (Å²) in [7, 11) is 0. The standard InChI is InChI=1S/C5H5ClN2O/c6-2-4-1-5(9)8-3-7-4/h1,3H,2H2,(H,7,8,9). The van der Waals surface area contributed by atoms with Crippen molar-refractivity contribution in [3.05, 3.63) is 18.1 Å². The Morgan fingerprint density at radius 1 is 1.56 bits per heavy atom. The van der Waals surface area contributed by atoms with Crippen LogP contribution in [0.5, 0.6) is 5.88 Å². The Morgan fingerprint density at radius 3 is 2.78 bits per heavy atom. The fourth-order valence-electron chi connectivity index (χ4n) is 0.459. The van der Waals surface area contributed by atoms with Crippen LogP contribution in [-0.4, -0.2) is 15.1 Å². The van der Waals surface area contributed by atoms with Crippen molar-refractivity contribution in [2.24, 2.45) is 0 Å². The van der Waals surface area contributed by atoms with E-state index in [0.717, 1.165) is 0 Å². The van der Waals surface area contributed by atoms with Gasteiger partial charge < -0.3 is 5.11 Å². The maximum Gasteiger partial charge on any atom is 0.214 e. The summed E-state index contributed by atoms with van der Waals surface area (Å²) in [4.78, 5) is 7.23. The minimum absolute atomic E-state index is 0.0411. The zero-order chi connectivity index (χ0) is 6.69. The molecule has 0 bridgehead atoms. The average molecular weight is 145 g/mol. The Bertz CT molecular complexity index is 204. The average Bonchev–Trinajstić information content (AvgIpc) is 1.88. The SMILES string of the molecule is Oc1cc(CCl)ncn1. The number of aromatic nitrogens is 2. The molecule has 0 radical (unpaired) electrons. The van der Waals surface area contributed by atoms with E-state index in [1.165, 1.54) is 12.4 Å². The highest BCUT2D eigenvalue weighted by molar-refractivity contribution is 6.16. The van der Waals surface area contributed by atoms with Crippen LogP contribution in [0.2, 0.25) is 0 Å². The molecular formula is C5H5ClN2O. The second-order valence-electron chi connectivity index (χ2n) is 1.50. The molecule has 0 unspecified atom stereocenters. The van der Waals surface area contributed by atoms with Crippen LogP contribution < -0.4 is 0 Å². The first-order valence-electron chi connectivity index (χ1n) is 2.39. The van der Waals surface area contributed by atoms with Crippen LogP contribution in [0.3, 0.4) is 0 Å². The first kappa shape index (κ1) is 6.29. The molecule has 0 aliphatic heterocycles. The quantitative estimate of drug-likeness (QED) is 0.597. The molecule has 0 atom stereocenters. The molecule has 1 aromatic rings. The highest BCUT2D eigenvalue weighted by Crippen LogP contribution is 2.04. The van der Waals surface area contributed by atoms with E-state index in [9.17, 15) is 0 Å². The molecule has 1 aromatic heterocycles. The van der Waals surface area contributed by atoms with Gasteiger partial charge in [-0.2, -0.15) is 0 Å². The van der Waals surface area contributed by atoms with Crippen LogP contribution in [0, 0.1) is 0 Å². The van der Waals surface area contributed by atoms with Crippen molar-refractivity contribution in [1.29, 1.82) is 0 Å². The number of aromatic hydroxyl groups is 1. The van der Waals surface area contributed by atoms with E-state index < -0.39 is 0 Å². The van der Waals surface area contributed by atoms with Gasteiger partial charge in [-0.3, -0.25) is 0 Å². The molecular weight excluding hydrogens is 140 g/mol. The van der Waals surface area contributed by atoms with Crippen LogP contribution in [-0.2, 0) is 5.88 Å². The van der Waals surface area contributed by atoms with Crippen molar-refractivity contribution >= 4 is 11.6 Å². The van der Waals surface area contributed by atoms with Crippen LogP contribution in [0.4, 0.5) is 0 Å². The Balaban J connectivity index is 2.94. The molecule has 1 heterocycles. The molecule has 0 saturated heterocycles. The largest absolute Gasteiger partial charge is 0.493 e. The lowest BCUT2D eigenvalue weighted by Gasteiger charge is -1.91. The normalized spacial score (nSPS) is 9.44. The lowest BCUT2D eigenvalue weighted by Crippen LogP contribution is -1.84. The Hall–Kier alpha value is -0.830. The maximum absolute atomic E-state index is 8.73. The van der Waals surface area contributed by atoms with Crippen molar-refractivity contribution < 1.29 is 5.11 Å². The number of hydrogen-bond acceptors (Lipinski definition) is 3. The lowest BCUT2D eigenvalue weighted by molar-refractivity contribution is 0.451. The maximum atomic E-state index is 8.73. The van der Waals surface area contributed by atoms with E-state index in [1.807, 2.05) is 0 Å². The van der Waals surface area contributed by atoms with Gasteiger partial charge in [0.15, 0.2) is 0 Å². The van der Waals surface area contributed by atoms with Gasteiger partial charge in [0.2, 0.25) is 5.88 Å². The minimum atomic E-state index is -0.0411. The Kier molecular flexibility index (Phi) is 1.85. The van der Waals surface area contributed by atoms with Gasteiger partial charge in [-0.15, -0.1) is 11.6 Å². The molecule has 1 N–H and O–H groups in total. The highest BCUT2D eigenvalue weighted by Gasteiger charge is 1.92. The second-order valence-corrected chi connectivity index (χ2v) is 1.77. The monoisotopic (exact) mass is 144 g/mol. The van der Waals surface area contributed by atoms with Gasteiger partial charge in [0, 0.05) is 6.07 Å². The van der Waals surface area contributed by atoms with Gasteiger partial charge >= 0.3 is 0 Å². The molecule has 1 rings (SSSR count). The molecule has 4 heteroatoms. The van der Waals surface area contributed by atoms with Crippen LogP contribution in [0.25, 0.3) is 0 Å². The predicted octanol–water partition coefficient (Wildman–Crippen LogP) is 0.921. The van der Waals surface area contributed by atoms with Gasteiger partial charge in [-0.05, 0) is 0 Å². The van der Waals surface area contributed by atoms with Gasteiger partial charge in [0.05, 0.1) is 11.6 Å². The van der Waals surface area contributed by atoms with Crippen LogP contribution in [0.15, 0.2) is 12.4 Å². The van der Waals surface area contributed by atoms with E-state index in [1.54, 1.807) is 0 Å². The molecule has 0 aliphatic rings. The Labute approximate surface area is 57.3 Å². The molecule has 48 valence electrons. The smallest absolute Gasteiger partial charge is 0.214 e. The zero-order valence-electron chi connectivity index (χ0n) is 4.58. The van der Waals surface area contributed by atoms with Crippen molar-refractivity contribution in [2.45, 2.75) is 5.88 Å². The zero-order valence-corrected chi connectivity index (χ0v) is 5.34. The van der Waals surface area contributed by atoms with Gasteiger partial charge in [0.1, 0.15) is 6.33 Å². The summed E-state index contributed by atoms with van der Waals surface area (Å²) in [5, 5.41) is 8.73. The van der Waals surface area contributed by atoms with E-state index >= 15 is 0 Å². The van der Waals surface area contributed by atoms with Gasteiger partial charge in [-0.1, -0.05) is 0 Å². The molecule has 0 aromatic carbocycles. The summed E-state index contributed by atoms with van der Waals surface area (Å²) in [6.45, 7) is 0. The predicted molar refractivity (Wildman–Crippen MR) is 33.3 cm³/mol. The Morgan fingerprint density at radius 2 is 2.33 bits per heavy atom. The first-order chi connectivity index (χ1) is 4.33. The number of nitrogens with zero attached hydrogens (tertiary/aromatic N) is 2. The minimum Gasteiger partial charge on any atom is -0.493 e. The van der Waals surface area contributed by atoms with Crippen molar-refractivity contribution in [1.82, 2.24) is 9.97 Å². The van der Waals surface area contributed by atoms with E-state index in [4.69, 9.17) is 16.7 Å². The molecule has 0 amide bonds. The van der Waals surface area contributed by atoms with Crippen LogP contribution in [0.1, 0.15) is 5.69 Å². The number of hydrogen-bond donors (Lipinski definition) is 1. The van der Waals surface area contributed by atoms with Crippen molar-refractivity contribution in [3.8, 4) is 5.88 Å². The third-order valence-electron chi connectivity index (χ3n) is 0.846. The number of halogens is 1. The van der Waals surface area contributed by atoms with Gasteiger partial charge in [-0.25, -0.2) is 9.97 Å². The summed E-state index contributed by atoms with van der Waals surface area (Å²) in [6.07, 6.45) is 1.27. The molecule has 0 spiro atoms. The number of rotatable bonds is 1. The summed E-state index contributed by atoms with van der Waals surface area (Å²) < 4.78 is 0. The molecule has 0 saturated carbocycles. The lowest BCUT2D eigenvalue weighted by atomic mass is 10.4. The summed E-state index contributed by atoms with van der Waals surface area (Å²) >= 11 is 5.40. The third kappa shape index (κ3) is 1.54. The fourth-order valence-corrected chi connectivity index (χ4v) is 0.605. The molecule has 0 fully saturated rings. The summed E-state index contributed by atoms with van der Waals surface area (Å²) in [5.41, 5.74) is 0.629. The fraction of sp³-hybridized carbons (Fsp3) is 0.200. The van der Waals surface area contributed by atoms with Gasteiger partial charge in [0.25, 0.3) is 0 Å². The summed E-state index contributed by atoms with van der Waals surface area (Å²) in [5.74, 6) is 0.261. The molecule has 9 heavy (non-hydrogen) atoms. The van der Waals surface area contributed by atoms with E-state index in [2.05, 4.69) is 9.97 Å². The molecule has 3 nitrogen and oxygen atoms in total. The van der Waals surface area contributed by atoms with E-state index in [-0.39, 0.29) is 5.88 Å². The highest BCUT2D eigenvalue weighted by atomic mass is 35.5.